The van der Waals surface area contributed by atoms with E-state index in [4.69, 9.17) is 24.8 Å². The average molecular weight is 1780 g/mol. The molecule has 16 rings (SSSR count). The zero-order valence-corrected chi connectivity index (χ0v) is 76.7. The highest BCUT2D eigenvalue weighted by Gasteiger charge is 2.05. The summed E-state index contributed by atoms with van der Waals surface area (Å²) in [5, 5.41) is 27.1. The van der Waals surface area contributed by atoms with Crippen LogP contribution in [0.2, 0.25) is 0 Å². The van der Waals surface area contributed by atoms with E-state index in [1.807, 2.05) is 244 Å². The van der Waals surface area contributed by atoms with Crippen molar-refractivity contribution >= 4 is 97.2 Å². The number of para-hydroxylation sites is 1. The van der Waals surface area contributed by atoms with E-state index in [0.717, 1.165) is 89.4 Å². The number of aryl methyl sites for hydroxylation is 6. The van der Waals surface area contributed by atoms with E-state index in [0.29, 0.717) is 16.7 Å². The van der Waals surface area contributed by atoms with Crippen molar-refractivity contribution in [2.24, 2.45) is 0 Å². The number of halogens is 6. The molecule has 5 nitrogen and oxygen atoms in total. The second-order valence-electron chi connectivity index (χ2n) is 31.1. The first kappa shape index (κ1) is 102. The Morgan fingerprint density at radius 1 is 0.194 bits per heavy atom. The third-order valence-electron chi connectivity index (χ3n) is 20.3. The molecule has 3 N–H and O–H groups in total. The molecular formula is C123H112F6O5. The number of hydrogen-bond donors (Lipinski definition) is 3. The zero-order valence-electron chi connectivity index (χ0n) is 76.7. The van der Waals surface area contributed by atoms with Crippen molar-refractivity contribution in [3.05, 3.63) is 556 Å². The average Bonchev–Trinajstić information content (AvgIpc) is 0.864. The van der Waals surface area contributed by atoms with Crippen LogP contribution in [0, 0.1) is 76.4 Å². The summed E-state index contributed by atoms with van der Waals surface area (Å²) in [6.45, 7) is 12.5. The number of ether oxygens (including phenoxy) is 2. The van der Waals surface area contributed by atoms with Crippen LogP contribution < -0.4 is 9.47 Å². The van der Waals surface area contributed by atoms with Crippen molar-refractivity contribution in [1.29, 1.82) is 0 Å². The van der Waals surface area contributed by atoms with Crippen LogP contribution in [0.5, 0.6) is 11.5 Å². The largest absolute Gasteiger partial charge is 0.496 e. The molecule has 0 spiro atoms. The number of aliphatic hydroxyl groups excluding tert-OH is 3. The molecule has 0 heterocycles. The van der Waals surface area contributed by atoms with E-state index in [9.17, 15) is 26.3 Å². The highest BCUT2D eigenvalue weighted by atomic mass is 19.1. The smallest absolute Gasteiger partial charge is 0.130 e. The summed E-state index contributed by atoms with van der Waals surface area (Å²) in [7, 11) is 3.28. The maximum atomic E-state index is 13.4. The van der Waals surface area contributed by atoms with Gasteiger partial charge in [-0.15, -0.1) is 0 Å². The number of methoxy groups -OCH3 is 2. The van der Waals surface area contributed by atoms with Gasteiger partial charge in [-0.3, -0.25) is 0 Å². The molecule has 0 aliphatic carbocycles. The van der Waals surface area contributed by atoms with Crippen molar-refractivity contribution in [1.82, 2.24) is 0 Å². The van der Waals surface area contributed by atoms with Gasteiger partial charge in [0.05, 0.1) is 34.0 Å². The van der Waals surface area contributed by atoms with Gasteiger partial charge in [0.25, 0.3) is 0 Å². The molecule has 0 aromatic heterocycles. The standard InChI is InChI=1S/C16H15FO.C16H16O.C16H16.3C15H13FO.2C15H13F/c1-12-3-4-14(11-16(12)18-2)6-5-13-7-9-15(17)10-8-13;1-13-5-7-14(8-6-13)9-10-15-3-2-4-16(11-15)12-17;1-13-3-7-15(8-4-13)11-12-16-9-5-14(2)6-10-16;1-17-15-9-5-3-7-13(15)11-10-12-6-2-4-8-14(12)16;16-15-6-2-4-13(10-15)8-7-12-3-1-5-14(9-12)11-17;16-15-7-2-1-6-14(15)9-8-12-4-3-5-13(10-12)11-17;1-12-5-7-13(8-6-12)9-10-14-3-2-4-15(16)11-14;1-12-6-8-13(9-7-12)10-11-14-4-2-3-5-15(14)16/h3-11H,1-2H3;2-11,17H,12H2,1H3;3-12H,1-2H3;2-11H,1H3;2*1-10,17H,11H2;2*2-11H,1H3/b6-5+;10-9+;12-11+;11-10+;8-7+;9-8+;10-9+;11-10+. The van der Waals surface area contributed by atoms with Gasteiger partial charge < -0.3 is 24.8 Å². The molecule has 0 saturated heterocycles. The van der Waals surface area contributed by atoms with E-state index >= 15 is 0 Å². The SMILES string of the molecule is COc1cc(/C=C/c2ccc(F)cc2)ccc1C.COc1ccccc1/C=C/c1ccccc1F.Cc1ccc(/C=C/c2ccc(C)cc2)cc1.Cc1ccc(/C=C/c2cccc(CO)c2)cc1.Cc1ccc(/C=C/c2cccc(F)c2)cc1.Cc1ccc(/C=C/c2ccccc2F)cc1.OCc1cccc(/C=C/c2cccc(F)c2)c1.OCc1cccc(/C=C/c2ccccc2F)c1. The van der Waals surface area contributed by atoms with Crippen molar-refractivity contribution in [3.63, 3.8) is 0 Å². The predicted octanol–water partition coefficient (Wildman–Crippen LogP) is 32.0. The summed E-state index contributed by atoms with van der Waals surface area (Å²) in [5.74, 6) is 0.342. The Hall–Kier alpha value is -15.5. The minimum Gasteiger partial charge on any atom is -0.496 e. The van der Waals surface area contributed by atoms with Crippen LogP contribution in [0.4, 0.5) is 26.3 Å². The number of hydrogen-bond acceptors (Lipinski definition) is 5. The Morgan fingerprint density at radius 2 is 0.425 bits per heavy atom. The topological polar surface area (TPSA) is 79.2 Å². The second-order valence-corrected chi connectivity index (χ2v) is 31.1. The van der Waals surface area contributed by atoms with E-state index < -0.39 is 0 Å². The molecule has 0 amide bonds. The third kappa shape index (κ3) is 38.3. The van der Waals surface area contributed by atoms with Crippen LogP contribution in [-0.4, -0.2) is 29.5 Å². The Bertz CT molecular complexity index is 6460. The molecule has 0 unspecified atom stereocenters. The van der Waals surface area contributed by atoms with Gasteiger partial charge in [-0.05, 0) is 215 Å². The maximum absolute atomic E-state index is 13.4. The Morgan fingerprint density at radius 3 is 0.724 bits per heavy atom. The van der Waals surface area contributed by atoms with Gasteiger partial charge in [0.1, 0.15) is 46.4 Å². The molecule has 0 aliphatic heterocycles. The lowest BCUT2D eigenvalue weighted by molar-refractivity contribution is 0.281. The highest BCUT2D eigenvalue weighted by molar-refractivity contribution is 5.77. The first-order valence-electron chi connectivity index (χ1n) is 43.7. The van der Waals surface area contributed by atoms with Crippen LogP contribution >= 0.6 is 0 Å². The zero-order chi connectivity index (χ0) is 95.4. The molecule has 0 radical (unpaired) electrons. The minimum atomic E-state index is -0.240. The lowest BCUT2D eigenvalue weighted by atomic mass is 10.1. The third-order valence-corrected chi connectivity index (χ3v) is 20.3. The maximum Gasteiger partial charge on any atom is 0.130 e. The van der Waals surface area contributed by atoms with E-state index in [-0.39, 0.29) is 54.7 Å². The van der Waals surface area contributed by atoms with E-state index in [2.05, 4.69) is 137 Å². The lowest BCUT2D eigenvalue weighted by Crippen LogP contribution is -1.87. The summed E-state index contributed by atoms with van der Waals surface area (Å²) in [4.78, 5) is 0. The molecule has 0 bridgehead atoms. The number of aliphatic hydroxyl groups is 3. The number of benzene rings is 16. The molecule has 0 saturated carbocycles. The Labute approximate surface area is 786 Å². The summed E-state index contributed by atoms with van der Waals surface area (Å²) in [6, 6.07) is 118. The van der Waals surface area contributed by atoms with Crippen molar-refractivity contribution < 1.29 is 51.1 Å². The van der Waals surface area contributed by atoms with Crippen LogP contribution in [-0.2, 0) is 19.8 Å². The monoisotopic (exact) mass is 1780 g/mol. The Balaban J connectivity index is 0.000000172. The molecule has 16 aromatic carbocycles. The molecule has 16 aromatic rings. The quantitative estimate of drug-likeness (QED) is 0.0494. The van der Waals surface area contributed by atoms with Crippen LogP contribution in [0.1, 0.15) is 139 Å². The predicted molar refractivity (Wildman–Crippen MR) is 554 cm³/mol. The Kier molecular flexibility index (Phi) is 43.4. The van der Waals surface area contributed by atoms with Crippen molar-refractivity contribution in [2.45, 2.75) is 61.4 Å². The van der Waals surface area contributed by atoms with Gasteiger partial charge in [-0.25, -0.2) is 26.3 Å². The van der Waals surface area contributed by atoms with Gasteiger partial charge in [-0.2, -0.15) is 0 Å². The van der Waals surface area contributed by atoms with Gasteiger partial charge in [0, 0.05) is 22.3 Å². The molecule has 0 fully saturated rings. The highest BCUT2D eigenvalue weighted by Crippen LogP contribution is 2.25. The summed E-state index contributed by atoms with van der Waals surface area (Å²) < 4.78 is 89.1. The van der Waals surface area contributed by atoms with Crippen LogP contribution in [0.15, 0.2) is 382 Å². The molecule has 0 atom stereocenters. The summed E-state index contributed by atoms with van der Waals surface area (Å²) in [6.07, 6.45) is 30.8. The van der Waals surface area contributed by atoms with Gasteiger partial charge >= 0.3 is 0 Å². The molecular weight excluding hydrogens is 1670 g/mol. The van der Waals surface area contributed by atoms with E-state index in [1.54, 1.807) is 99.2 Å². The van der Waals surface area contributed by atoms with Crippen LogP contribution in [0.3, 0.4) is 0 Å². The van der Waals surface area contributed by atoms with Gasteiger partial charge in [-0.1, -0.05) is 422 Å². The fraction of sp³-hybridized carbons (Fsp3) is 0.0894. The summed E-state index contributed by atoms with van der Waals surface area (Å²) >= 11 is 0. The molecule has 134 heavy (non-hydrogen) atoms. The van der Waals surface area contributed by atoms with E-state index in [1.165, 1.54) is 99.1 Å². The van der Waals surface area contributed by atoms with Crippen LogP contribution in [0.25, 0.3) is 97.2 Å². The second kappa shape index (κ2) is 56.8. The van der Waals surface area contributed by atoms with Crippen molar-refractivity contribution in [2.75, 3.05) is 14.2 Å². The van der Waals surface area contributed by atoms with Crippen molar-refractivity contribution in [3.8, 4) is 11.5 Å². The first-order chi connectivity index (χ1) is 65.1. The van der Waals surface area contributed by atoms with Gasteiger partial charge in [0.2, 0.25) is 0 Å². The molecule has 676 valence electrons. The normalized spacial score (nSPS) is 10.9. The van der Waals surface area contributed by atoms with Gasteiger partial charge in [0.15, 0.2) is 0 Å². The first-order valence-corrected chi connectivity index (χ1v) is 43.7. The lowest BCUT2D eigenvalue weighted by Gasteiger charge is -2.04. The fourth-order valence-electron chi connectivity index (χ4n) is 12.7. The molecule has 0 aliphatic rings. The fourth-order valence-corrected chi connectivity index (χ4v) is 12.7. The summed E-state index contributed by atoms with van der Waals surface area (Å²) in [5.41, 5.74) is 25.4. The number of rotatable bonds is 21. The molecule has 11 heteroatoms. The minimum absolute atomic E-state index is 0.0153.